The van der Waals surface area contributed by atoms with Gasteiger partial charge in [-0.05, 0) is 48.5 Å². The van der Waals surface area contributed by atoms with Crippen molar-refractivity contribution in [2.45, 2.75) is 0 Å². The Balaban J connectivity index is 1.63. The monoisotopic (exact) mass is 390 g/mol. The van der Waals surface area contributed by atoms with E-state index in [0.717, 1.165) is 4.90 Å². The number of rotatable bonds is 5. The number of benzene rings is 3. The van der Waals surface area contributed by atoms with Gasteiger partial charge in [-0.3, -0.25) is 19.7 Å². The third-order valence-electron chi connectivity index (χ3n) is 4.45. The van der Waals surface area contributed by atoms with Gasteiger partial charge in [0.1, 0.15) is 17.2 Å². The van der Waals surface area contributed by atoms with Crippen molar-refractivity contribution in [1.82, 2.24) is 0 Å². The van der Waals surface area contributed by atoms with E-state index < -0.39 is 16.7 Å². The number of fused-ring (bicyclic) bond motifs is 1. The molecule has 1 aliphatic rings. The van der Waals surface area contributed by atoms with Crippen molar-refractivity contribution in [3.63, 3.8) is 0 Å². The van der Waals surface area contributed by atoms with E-state index in [9.17, 15) is 19.7 Å². The molecule has 0 saturated heterocycles. The Kier molecular flexibility index (Phi) is 4.44. The summed E-state index contributed by atoms with van der Waals surface area (Å²) in [7, 11) is 1.53. The second-order valence-corrected chi connectivity index (χ2v) is 6.21. The van der Waals surface area contributed by atoms with Gasteiger partial charge >= 0.3 is 0 Å². The van der Waals surface area contributed by atoms with Gasteiger partial charge in [0.15, 0.2) is 0 Å². The number of hydrogen-bond donors (Lipinski definition) is 0. The first kappa shape index (κ1) is 18.2. The number of imide groups is 1. The largest absolute Gasteiger partial charge is 0.497 e. The molecular formula is C21H14N2O6. The molecular weight excluding hydrogens is 376 g/mol. The van der Waals surface area contributed by atoms with E-state index in [2.05, 4.69) is 0 Å². The zero-order valence-electron chi connectivity index (χ0n) is 15.2. The van der Waals surface area contributed by atoms with E-state index in [1.807, 2.05) is 0 Å². The summed E-state index contributed by atoms with van der Waals surface area (Å²) in [5.74, 6) is 0.250. The summed E-state index contributed by atoms with van der Waals surface area (Å²) in [6.45, 7) is 0. The predicted octanol–water partition coefficient (Wildman–Crippen LogP) is 4.20. The van der Waals surface area contributed by atoms with Crippen molar-refractivity contribution in [2.75, 3.05) is 12.0 Å². The Hall–Kier alpha value is -4.20. The Morgan fingerprint density at radius 2 is 1.48 bits per heavy atom. The molecule has 0 N–H and O–H groups in total. The van der Waals surface area contributed by atoms with Gasteiger partial charge in [0.05, 0.1) is 34.9 Å². The molecule has 2 amide bonds. The summed E-state index contributed by atoms with van der Waals surface area (Å²) in [6.07, 6.45) is 0. The van der Waals surface area contributed by atoms with Crippen molar-refractivity contribution in [3.05, 3.63) is 88.0 Å². The molecule has 144 valence electrons. The van der Waals surface area contributed by atoms with Crippen LogP contribution in [0.15, 0.2) is 66.7 Å². The molecule has 1 aliphatic heterocycles. The van der Waals surface area contributed by atoms with Crippen LogP contribution in [0.25, 0.3) is 0 Å². The minimum Gasteiger partial charge on any atom is -0.497 e. The van der Waals surface area contributed by atoms with Crippen LogP contribution in [-0.4, -0.2) is 23.8 Å². The number of nitro groups is 1. The highest BCUT2D eigenvalue weighted by Gasteiger charge is 2.37. The van der Waals surface area contributed by atoms with Crippen molar-refractivity contribution in [3.8, 4) is 17.2 Å². The van der Waals surface area contributed by atoms with Crippen LogP contribution >= 0.6 is 0 Å². The fourth-order valence-electron chi connectivity index (χ4n) is 3.05. The summed E-state index contributed by atoms with van der Waals surface area (Å²) >= 11 is 0. The molecule has 0 aliphatic carbocycles. The highest BCUT2D eigenvalue weighted by atomic mass is 16.6. The van der Waals surface area contributed by atoms with Crippen molar-refractivity contribution < 1.29 is 24.0 Å². The highest BCUT2D eigenvalue weighted by Crippen LogP contribution is 2.33. The maximum atomic E-state index is 12.8. The Bertz CT molecular complexity index is 1140. The van der Waals surface area contributed by atoms with Gasteiger partial charge in [0.2, 0.25) is 0 Å². The number of carbonyl (C=O) groups is 2. The maximum Gasteiger partial charge on any atom is 0.273 e. The van der Waals surface area contributed by atoms with E-state index in [1.54, 1.807) is 36.4 Å². The van der Waals surface area contributed by atoms with E-state index in [1.165, 1.54) is 37.4 Å². The molecule has 4 rings (SSSR count). The lowest BCUT2D eigenvalue weighted by Crippen LogP contribution is -2.29. The van der Waals surface area contributed by atoms with Gasteiger partial charge in [0, 0.05) is 6.07 Å². The zero-order chi connectivity index (χ0) is 20.5. The molecule has 29 heavy (non-hydrogen) atoms. The third kappa shape index (κ3) is 3.27. The number of ether oxygens (including phenoxy) is 2. The topological polar surface area (TPSA) is 99.0 Å². The van der Waals surface area contributed by atoms with Gasteiger partial charge in [0.25, 0.3) is 17.5 Å². The summed E-state index contributed by atoms with van der Waals surface area (Å²) in [6, 6.07) is 16.8. The highest BCUT2D eigenvalue weighted by molar-refractivity contribution is 6.34. The lowest BCUT2D eigenvalue weighted by molar-refractivity contribution is -0.384. The molecule has 0 radical (unpaired) electrons. The second kappa shape index (κ2) is 7.08. The first-order valence-corrected chi connectivity index (χ1v) is 8.57. The summed E-state index contributed by atoms with van der Waals surface area (Å²) in [5, 5.41) is 10.9. The van der Waals surface area contributed by atoms with Crippen LogP contribution in [-0.2, 0) is 0 Å². The van der Waals surface area contributed by atoms with Crippen LogP contribution in [0, 0.1) is 10.1 Å². The summed E-state index contributed by atoms with van der Waals surface area (Å²) < 4.78 is 10.7. The molecule has 0 bridgehead atoms. The summed E-state index contributed by atoms with van der Waals surface area (Å²) in [4.78, 5) is 37.0. The molecule has 3 aromatic carbocycles. The van der Waals surface area contributed by atoms with Gasteiger partial charge in [-0.25, -0.2) is 4.90 Å². The number of nitro benzene ring substituents is 1. The molecule has 3 aromatic rings. The quantitative estimate of drug-likeness (QED) is 0.368. The van der Waals surface area contributed by atoms with Crippen LogP contribution in [0.3, 0.4) is 0 Å². The molecule has 0 aromatic heterocycles. The maximum absolute atomic E-state index is 12.8. The van der Waals surface area contributed by atoms with Crippen LogP contribution < -0.4 is 14.4 Å². The Morgan fingerprint density at radius 1 is 0.828 bits per heavy atom. The third-order valence-corrected chi connectivity index (χ3v) is 4.45. The number of anilines is 1. The van der Waals surface area contributed by atoms with Crippen LogP contribution in [0.2, 0.25) is 0 Å². The lowest BCUT2D eigenvalue weighted by atomic mass is 10.1. The van der Waals surface area contributed by atoms with Crippen molar-refractivity contribution >= 4 is 23.2 Å². The molecule has 8 nitrogen and oxygen atoms in total. The van der Waals surface area contributed by atoms with Crippen LogP contribution in [0.1, 0.15) is 20.7 Å². The fourth-order valence-corrected chi connectivity index (χ4v) is 3.05. The molecule has 0 spiro atoms. The first-order chi connectivity index (χ1) is 14.0. The molecule has 0 fully saturated rings. The Morgan fingerprint density at radius 3 is 2.17 bits per heavy atom. The second-order valence-electron chi connectivity index (χ2n) is 6.21. The molecule has 0 atom stereocenters. The van der Waals surface area contributed by atoms with E-state index >= 15 is 0 Å². The van der Waals surface area contributed by atoms with Gasteiger partial charge in [-0.15, -0.1) is 0 Å². The molecule has 0 unspecified atom stereocenters. The number of methoxy groups -OCH3 is 1. The average Bonchev–Trinajstić information content (AvgIpc) is 2.98. The average molecular weight is 390 g/mol. The van der Waals surface area contributed by atoms with E-state index in [-0.39, 0.29) is 22.6 Å². The number of hydrogen-bond acceptors (Lipinski definition) is 6. The normalized spacial score (nSPS) is 12.7. The molecule has 1 heterocycles. The predicted molar refractivity (Wildman–Crippen MR) is 104 cm³/mol. The van der Waals surface area contributed by atoms with Gasteiger partial charge in [-0.2, -0.15) is 0 Å². The molecule has 8 heteroatoms. The fraction of sp³-hybridized carbons (Fsp3) is 0.0476. The standard InChI is InChI=1S/C21H14N2O6/c1-28-15-7-5-13(6-8-15)22-20(24)18-10-9-17(12-19(18)21(22)25)29-16-4-2-3-14(11-16)23(26)27/h2-12H,1H3. The van der Waals surface area contributed by atoms with Crippen molar-refractivity contribution in [2.24, 2.45) is 0 Å². The number of carbonyl (C=O) groups excluding carboxylic acids is 2. The minimum absolute atomic E-state index is 0.111. The van der Waals surface area contributed by atoms with E-state index in [0.29, 0.717) is 17.2 Å². The molecule has 0 saturated carbocycles. The smallest absolute Gasteiger partial charge is 0.273 e. The Labute approximate surface area is 165 Å². The number of nitrogens with zero attached hydrogens (tertiary/aromatic N) is 2. The van der Waals surface area contributed by atoms with Gasteiger partial charge < -0.3 is 9.47 Å². The van der Waals surface area contributed by atoms with Gasteiger partial charge in [-0.1, -0.05) is 6.07 Å². The zero-order valence-corrected chi connectivity index (χ0v) is 15.2. The van der Waals surface area contributed by atoms with E-state index in [4.69, 9.17) is 9.47 Å². The minimum atomic E-state index is -0.523. The summed E-state index contributed by atoms with van der Waals surface area (Å²) in [5.41, 5.74) is 0.782. The van der Waals surface area contributed by atoms with Crippen molar-refractivity contribution in [1.29, 1.82) is 0 Å². The van der Waals surface area contributed by atoms with Crippen LogP contribution in [0.5, 0.6) is 17.2 Å². The first-order valence-electron chi connectivity index (χ1n) is 8.57. The SMILES string of the molecule is COc1ccc(N2C(=O)c3ccc(Oc4cccc([N+](=O)[O-])c4)cc3C2=O)cc1. The number of amides is 2. The lowest BCUT2D eigenvalue weighted by Gasteiger charge is -2.14. The number of non-ortho nitro benzene ring substituents is 1. The van der Waals surface area contributed by atoms with Crippen LogP contribution in [0.4, 0.5) is 11.4 Å².